The summed E-state index contributed by atoms with van der Waals surface area (Å²) in [5.74, 6) is -2.34. The molecule has 0 aromatic carbocycles. The van der Waals surface area contributed by atoms with Gasteiger partial charge in [-0.2, -0.15) is 0 Å². The van der Waals surface area contributed by atoms with Gasteiger partial charge in [0.15, 0.2) is 15.4 Å². The lowest BCUT2D eigenvalue weighted by atomic mass is 9.94. The van der Waals surface area contributed by atoms with Crippen LogP contribution in [-0.2, 0) is 19.4 Å². The number of carboxylic acids is 1. The molecule has 1 fully saturated rings. The fourth-order valence-corrected chi connectivity index (χ4v) is 4.38. The molecule has 1 aliphatic heterocycles. The highest BCUT2D eigenvalue weighted by Crippen LogP contribution is 2.32. The Kier molecular flexibility index (Phi) is 3.52. The summed E-state index contributed by atoms with van der Waals surface area (Å²) in [7, 11) is -3.39. The molecule has 1 unspecified atom stereocenters. The lowest BCUT2D eigenvalue weighted by Gasteiger charge is -2.39. The van der Waals surface area contributed by atoms with Gasteiger partial charge in [-0.25, -0.2) is 13.2 Å². The minimum atomic E-state index is -3.39. The zero-order chi connectivity index (χ0) is 13.4. The number of aliphatic carboxylic acids is 1. The highest BCUT2D eigenvalue weighted by atomic mass is 32.2. The molecule has 98 valence electrons. The lowest BCUT2D eigenvalue weighted by molar-refractivity contribution is -0.158. The Hall–Kier alpha value is -1.11. The number of rotatable bonds is 3. The van der Waals surface area contributed by atoms with Gasteiger partial charge in [0.25, 0.3) is 0 Å². The largest absolute Gasteiger partial charge is 0.479 e. The summed E-state index contributed by atoms with van der Waals surface area (Å²) in [5.41, 5.74) is -1.60. The van der Waals surface area contributed by atoms with Crippen LogP contribution in [0.5, 0.6) is 0 Å². The van der Waals surface area contributed by atoms with E-state index in [9.17, 15) is 23.1 Å². The van der Waals surface area contributed by atoms with E-state index in [0.717, 1.165) is 0 Å². The highest BCUT2D eigenvalue weighted by molar-refractivity contribution is 7.91. The minimum Gasteiger partial charge on any atom is -0.479 e. The summed E-state index contributed by atoms with van der Waals surface area (Å²) in [4.78, 5) is 24.1. The molecule has 0 saturated carbocycles. The van der Waals surface area contributed by atoms with Crippen LogP contribution in [0.3, 0.4) is 0 Å². The molecule has 0 bridgehead atoms. The maximum Gasteiger partial charge on any atom is 0.330 e. The fourth-order valence-electron chi connectivity index (χ4n) is 2.45. The van der Waals surface area contributed by atoms with Crippen molar-refractivity contribution >= 4 is 21.7 Å². The van der Waals surface area contributed by atoms with E-state index in [1.807, 2.05) is 0 Å². The molecule has 0 aromatic rings. The molecule has 0 aromatic heterocycles. The summed E-state index contributed by atoms with van der Waals surface area (Å²) in [6, 6.07) is -0.350. The van der Waals surface area contributed by atoms with Gasteiger partial charge in [-0.05, 0) is 20.3 Å². The van der Waals surface area contributed by atoms with Crippen molar-refractivity contribution < 1.29 is 23.1 Å². The molecule has 0 radical (unpaired) electrons. The Morgan fingerprint density at radius 3 is 2.12 bits per heavy atom. The molecule has 1 rings (SSSR count). The third kappa shape index (κ3) is 2.43. The molecule has 1 aliphatic rings. The molecular weight excluding hydrogens is 246 g/mol. The number of carbonyl (C=O) groups excluding carboxylic acids is 1. The Balaban J connectivity index is 3.26. The van der Waals surface area contributed by atoms with Gasteiger partial charge in [-0.15, -0.1) is 0 Å². The maximum atomic E-state index is 11.6. The van der Waals surface area contributed by atoms with Crippen molar-refractivity contribution in [2.45, 2.75) is 38.8 Å². The van der Waals surface area contributed by atoms with Crippen molar-refractivity contribution in [2.75, 3.05) is 11.5 Å². The molecule has 1 atom stereocenters. The Morgan fingerprint density at radius 1 is 1.35 bits per heavy atom. The van der Waals surface area contributed by atoms with Gasteiger partial charge in [0, 0.05) is 13.0 Å². The minimum absolute atomic E-state index is 0.0393. The van der Waals surface area contributed by atoms with Crippen molar-refractivity contribution in [1.82, 2.24) is 4.90 Å². The first-order valence-electron chi connectivity index (χ1n) is 5.36. The highest BCUT2D eigenvalue weighted by Gasteiger charge is 2.54. The van der Waals surface area contributed by atoms with E-state index in [1.165, 1.54) is 11.8 Å². The molecule has 17 heavy (non-hydrogen) atoms. The normalized spacial score (nSPS) is 27.1. The number of nitrogens with zero attached hydrogens (tertiary/aromatic N) is 1. The molecule has 1 N–H and O–H groups in total. The zero-order valence-electron chi connectivity index (χ0n) is 10.1. The first-order valence-corrected chi connectivity index (χ1v) is 7.18. The van der Waals surface area contributed by atoms with E-state index in [2.05, 4.69) is 0 Å². The van der Waals surface area contributed by atoms with Crippen molar-refractivity contribution in [3.8, 4) is 0 Å². The van der Waals surface area contributed by atoms with Crippen molar-refractivity contribution in [3.63, 3.8) is 0 Å². The molecular formula is C10H17NO5S. The average Bonchev–Trinajstić information content (AvgIpc) is 2.41. The van der Waals surface area contributed by atoms with E-state index in [4.69, 9.17) is 0 Å². The van der Waals surface area contributed by atoms with Crippen LogP contribution in [0.4, 0.5) is 0 Å². The van der Waals surface area contributed by atoms with Crippen molar-refractivity contribution in [1.29, 1.82) is 0 Å². The van der Waals surface area contributed by atoms with Crippen LogP contribution in [0.15, 0.2) is 0 Å². The number of hydrogen-bond donors (Lipinski definition) is 1. The molecule has 1 saturated heterocycles. The molecule has 7 heteroatoms. The second kappa shape index (κ2) is 4.29. The van der Waals surface area contributed by atoms with Crippen LogP contribution < -0.4 is 0 Å². The smallest absolute Gasteiger partial charge is 0.330 e. The third-order valence-corrected chi connectivity index (χ3v) is 4.74. The summed E-state index contributed by atoms with van der Waals surface area (Å²) < 4.78 is 23.0. The average molecular weight is 263 g/mol. The number of carboxylic acid groups (broad SMARTS) is 1. The first-order chi connectivity index (χ1) is 7.62. The number of sulfone groups is 1. The summed E-state index contributed by atoms with van der Waals surface area (Å²) in [6.45, 7) is 4.61. The van der Waals surface area contributed by atoms with Gasteiger partial charge in [-0.1, -0.05) is 0 Å². The zero-order valence-corrected chi connectivity index (χ0v) is 11.0. The maximum absolute atomic E-state index is 11.6. The summed E-state index contributed by atoms with van der Waals surface area (Å²) in [5, 5.41) is 9.31. The molecule has 6 nitrogen and oxygen atoms in total. The monoisotopic (exact) mass is 263 g/mol. The van der Waals surface area contributed by atoms with E-state index in [-0.39, 0.29) is 18.2 Å². The Morgan fingerprint density at radius 2 is 1.88 bits per heavy atom. The number of hydrogen-bond acceptors (Lipinski definition) is 4. The Bertz CT molecular complexity index is 442. The number of amides is 1. The van der Waals surface area contributed by atoms with Crippen LogP contribution >= 0.6 is 0 Å². The fraction of sp³-hybridized carbons (Fsp3) is 0.800. The van der Waals surface area contributed by atoms with Crippen LogP contribution in [0.2, 0.25) is 0 Å². The van der Waals surface area contributed by atoms with Crippen LogP contribution in [0.1, 0.15) is 27.2 Å². The third-order valence-electron chi connectivity index (χ3n) is 3.00. The van der Waals surface area contributed by atoms with Crippen LogP contribution in [-0.4, -0.2) is 53.4 Å². The van der Waals surface area contributed by atoms with Gasteiger partial charge < -0.3 is 10.0 Å². The first kappa shape index (κ1) is 14.0. The van der Waals surface area contributed by atoms with Gasteiger partial charge >= 0.3 is 5.97 Å². The lowest BCUT2D eigenvalue weighted by Crippen LogP contribution is -2.60. The summed E-state index contributed by atoms with van der Waals surface area (Å²) in [6.07, 6.45) is -0.0393. The van der Waals surface area contributed by atoms with Gasteiger partial charge in [0.1, 0.15) is 0 Å². The van der Waals surface area contributed by atoms with E-state index in [0.29, 0.717) is 0 Å². The predicted octanol–water partition coefficient (Wildman–Crippen LogP) is -0.115. The molecule has 0 aliphatic carbocycles. The van der Waals surface area contributed by atoms with E-state index < -0.39 is 33.0 Å². The molecule has 0 spiro atoms. The predicted molar refractivity (Wildman–Crippen MR) is 61.3 cm³/mol. The quantitative estimate of drug-likeness (QED) is 0.766. The molecule has 1 heterocycles. The number of carbonyl (C=O) groups is 2. The second-order valence-corrected chi connectivity index (χ2v) is 6.85. The van der Waals surface area contributed by atoms with Crippen LogP contribution in [0, 0.1) is 0 Å². The topological polar surface area (TPSA) is 91.8 Å². The van der Waals surface area contributed by atoms with Crippen molar-refractivity contribution in [2.24, 2.45) is 0 Å². The van der Waals surface area contributed by atoms with Gasteiger partial charge in [-0.3, -0.25) is 4.79 Å². The van der Waals surface area contributed by atoms with Crippen molar-refractivity contribution in [3.05, 3.63) is 0 Å². The van der Waals surface area contributed by atoms with Gasteiger partial charge in [0.2, 0.25) is 5.91 Å². The Labute approximate surface area is 101 Å². The second-order valence-electron chi connectivity index (χ2n) is 4.66. The van der Waals surface area contributed by atoms with E-state index >= 15 is 0 Å². The molecule has 1 amide bonds. The van der Waals surface area contributed by atoms with Crippen LogP contribution in [0.25, 0.3) is 0 Å². The standard InChI is InChI=1S/C10H17NO5S/c1-7(2)11(8(3)12)10(9(13)14)4-5-17(15,16)6-10/h7H,4-6H2,1-3H3,(H,13,14). The van der Waals surface area contributed by atoms with Gasteiger partial charge in [0.05, 0.1) is 11.5 Å². The van der Waals surface area contributed by atoms with E-state index in [1.54, 1.807) is 13.8 Å². The SMILES string of the molecule is CC(=O)N(C(C)C)C1(C(=O)O)CCS(=O)(=O)C1. The summed E-state index contributed by atoms with van der Waals surface area (Å²) >= 11 is 0.